The van der Waals surface area contributed by atoms with Crippen LogP contribution in [0, 0.1) is 11.8 Å². The van der Waals surface area contributed by atoms with Crippen LogP contribution >= 0.6 is 0 Å². The second kappa shape index (κ2) is 7.19. The van der Waals surface area contributed by atoms with Crippen molar-refractivity contribution in [2.45, 2.75) is 25.3 Å². The zero-order valence-corrected chi connectivity index (χ0v) is 14.7. The van der Waals surface area contributed by atoms with Gasteiger partial charge in [-0.15, -0.1) is 0 Å². The summed E-state index contributed by atoms with van der Waals surface area (Å²) in [6.45, 7) is 0. The molecule has 1 fully saturated rings. The number of hydrogen-bond donors (Lipinski definition) is 1. The number of methoxy groups -OCH3 is 2. The number of carboxylic acids is 1. The van der Waals surface area contributed by atoms with Crippen molar-refractivity contribution in [1.82, 2.24) is 4.90 Å². The van der Waals surface area contributed by atoms with Gasteiger partial charge in [-0.05, 0) is 30.5 Å². The Hall–Kier alpha value is -2.83. The molecule has 0 unspecified atom stereocenters. The van der Waals surface area contributed by atoms with Gasteiger partial charge in [-0.1, -0.05) is 18.2 Å². The van der Waals surface area contributed by atoms with Gasteiger partial charge in [0.25, 0.3) is 0 Å². The maximum atomic E-state index is 12.8. The maximum Gasteiger partial charge on any atom is 0.305 e. The molecule has 1 aliphatic carbocycles. The fourth-order valence-electron chi connectivity index (χ4n) is 3.72. The lowest BCUT2D eigenvalue weighted by atomic mass is 9.85. The quantitative estimate of drug-likeness (QED) is 0.618. The molecule has 0 radical (unpaired) electrons. The van der Waals surface area contributed by atoms with Crippen molar-refractivity contribution in [3.05, 3.63) is 35.9 Å². The van der Waals surface area contributed by atoms with Crippen LogP contribution in [0.5, 0.6) is 11.5 Å². The summed E-state index contributed by atoms with van der Waals surface area (Å²) in [5.74, 6) is -1.58. The normalized spacial score (nSPS) is 22.9. The van der Waals surface area contributed by atoms with Crippen molar-refractivity contribution in [1.29, 1.82) is 0 Å². The van der Waals surface area contributed by atoms with Crippen molar-refractivity contribution in [3.8, 4) is 11.5 Å². The number of aliphatic carboxylic acids is 1. The highest BCUT2D eigenvalue weighted by molar-refractivity contribution is 6.06. The standard InChI is InChI=1S/C19H21NO6/c1-25-15-8-7-11(9-16(15)26-2)14(10-17(21)22)20-18(23)12-5-3-4-6-13(12)19(20)24/h3-4,7-9,12-14H,5-6,10H2,1-2H3,(H,21,22)/t12-,13-,14-/m0/s1. The summed E-state index contributed by atoms with van der Waals surface area (Å²) in [5.41, 5.74) is 0.526. The SMILES string of the molecule is COc1ccc([C@H](CC(=O)O)N2C(=O)[C@H]3CC=CC[C@@H]3C2=O)cc1OC. The molecule has 3 rings (SSSR count). The van der Waals surface area contributed by atoms with Crippen LogP contribution in [0.1, 0.15) is 30.9 Å². The number of hydrogen-bond acceptors (Lipinski definition) is 5. The second-order valence-corrected chi connectivity index (χ2v) is 6.43. The van der Waals surface area contributed by atoms with E-state index in [9.17, 15) is 19.5 Å². The van der Waals surface area contributed by atoms with E-state index in [1.165, 1.54) is 14.2 Å². The van der Waals surface area contributed by atoms with Crippen molar-refractivity contribution in [2.24, 2.45) is 11.8 Å². The van der Waals surface area contributed by atoms with Crippen LogP contribution in [0.2, 0.25) is 0 Å². The lowest BCUT2D eigenvalue weighted by Gasteiger charge is -2.26. The van der Waals surface area contributed by atoms with Gasteiger partial charge in [0, 0.05) is 0 Å². The average Bonchev–Trinajstić information content (AvgIpc) is 2.90. The maximum absolute atomic E-state index is 12.8. The second-order valence-electron chi connectivity index (χ2n) is 6.43. The van der Waals surface area contributed by atoms with E-state index in [1.807, 2.05) is 12.2 Å². The van der Waals surface area contributed by atoms with E-state index in [1.54, 1.807) is 18.2 Å². The molecule has 0 bridgehead atoms. The van der Waals surface area contributed by atoms with Crippen LogP contribution in [0.15, 0.2) is 30.4 Å². The Morgan fingerprint density at radius 3 is 2.19 bits per heavy atom. The molecule has 0 aromatic heterocycles. The average molecular weight is 359 g/mol. The van der Waals surface area contributed by atoms with Gasteiger partial charge in [0.15, 0.2) is 11.5 Å². The van der Waals surface area contributed by atoms with Gasteiger partial charge in [0.1, 0.15) is 0 Å². The van der Waals surface area contributed by atoms with E-state index in [-0.39, 0.29) is 18.2 Å². The zero-order valence-electron chi connectivity index (χ0n) is 14.7. The van der Waals surface area contributed by atoms with Crippen LogP contribution in [0.4, 0.5) is 0 Å². The van der Waals surface area contributed by atoms with Crippen LogP contribution < -0.4 is 9.47 Å². The Balaban J connectivity index is 2.00. The fourth-order valence-corrected chi connectivity index (χ4v) is 3.72. The molecule has 1 heterocycles. The Labute approximate surface area is 151 Å². The lowest BCUT2D eigenvalue weighted by Crippen LogP contribution is -2.36. The molecule has 3 atom stereocenters. The number of amides is 2. The monoisotopic (exact) mass is 359 g/mol. The summed E-state index contributed by atoms with van der Waals surface area (Å²) in [7, 11) is 2.97. The molecule has 1 aliphatic heterocycles. The number of carbonyl (C=O) groups excluding carboxylic acids is 2. The first kappa shape index (κ1) is 18.0. The predicted octanol–water partition coefficient (Wildman–Crippen LogP) is 2.17. The third-order valence-electron chi connectivity index (χ3n) is 5.01. The molecular weight excluding hydrogens is 338 g/mol. The Bertz CT molecular complexity index is 745. The third kappa shape index (κ3) is 3.05. The number of benzene rings is 1. The number of fused-ring (bicyclic) bond motifs is 1. The molecule has 0 spiro atoms. The molecule has 1 N–H and O–H groups in total. The van der Waals surface area contributed by atoms with E-state index in [0.29, 0.717) is 29.9 Å². The van der Waals surface area contributed by atoms with Gasteiger partial charge >= 0.3 is 5.97 Å². The molecule has 138 valence electrons. The molecule has 1 aromatic carbocycles. The summed E-state index contributed by atoms with van der Waals surface area (Å²) >= 11 is 0. The molecule has 0 saturated carbocycles. The van der Waals surface area contributed by atoms with Crippen molar-refractivity contribution in [2.75, 3.05) is 14.2 Å². The molecule has 2 amide bonds. The smallest absolute Gasteiger partial charge is 0.305 e. The number of carboxylic acid groups (broad SMARTS) is 1. The minimum Gasteiger partial charge on any atom is -0.493 e. The number of rotatable bonds is 6. The summed E-state index contributed by atoms with van der Waals surface area (Å²) in [6.07, 6.45) is 4.46. The van der Waals surface area contributed by atoms with Gasteiger partial charge in [-0.2, -0.15) is 0 Å². The summed E-state index contributed by atoms with van der Waals surface area (Å²) in [5, 5.41) is 9.35. The Kier molecular flexibility index (Phi) is 4.97. The van der Waals surface area contributed by atoms with Gasteiger partial charge in [0.2, 0.25) is 11.8 Å². The molecule has 26 heavy (non-hydrogen) atoms. The summed E-state index contributed by atoms with van der Waals surface area (Å²) < 4.78 is 10.5. The fraction of sp³-hybridized carbons (Fsp3) is 0.421. The summed E-state index contributed by atoms with van der Waals surface area (Å²) in [6, 6.07) is 4.05. The van der Waals surface area contributed by atoms with E-state index < -0.39 is 23.8 Å². The van der Waals surface area contributed by atoms with E-state index >= 15 is 0 Å². The molecule has 1 aromatic rings. The van der Waals surface area contributed by atoms with Gasteiger partial charge < -0.3 is 14.6 Å². The van der Waals surface area contributed by atoms with Crippen molar-refractivity contribution in [3.63, 3.8) is 0 Å². The minimum atomic E-state index is -1.08. The first-order chi connectivity index (χ1) is 12.5. The zero-order chi connectivity index (χ0) is 18.8. The molecular formula is C19H21NO6. The minimum absolute atomic E-state index is 0.301. The largest absolute Gasteiger partial charge is 0.493 e. The van der Waals surface area contributed by atoms with Gasteiger partial charge in [-0.25, -0.2) is 0 Å². The van der Waals surface area contributed by atoms with Crippen LogP contribution in [0.3, 0.4) is 0 Å². The van der Waals surface area contributed by atoms with Crippen molar-refractivity contribution < 1.29 is 29.0 Å². The Morgan fingerprint density at radius 2 is 1.69 bits per heavy atom. The number of nitrogens with zero attached hydrogens (tertiary/aromatic N) is 1. The topological polar surface area (TPSA) is 93.1 Å². The van der Waals surface area contributed by atoms with Crippen molar-refractivity contribution >= 4 is 17.8 Å². The first-order valence-electron chi connectivity index (χ1n) is 8.43. The predicted molar refractivity (Wildman–Crippen MR) is 91.7 cm³/mol. The lowest BCUT2D eigenvalue weighted by molar-refractivity contribution is -0.145. The molecule has 1 saturated heterocycles. The van der Waals surface area contributed by atoms with Gasteiger partial charge in [-0.3, -0.25) is 19.3 Å². The first-order valence-corrected chi connectivity index (χ1v) is 8.43. The number of likely N-dealkylation sites (tertiary alicyclic amines) is 1. The van der Waals surface area contributed by atoms with Crippen LogP contribution in [-0.2, 0) is 14.4 Å². The summed E-state index contributed by atoms with van der Waals surface area (Å²) in [4.78, 5) is 38.3. The van der Waals surface area contributed by atoms with Gasteiger partial charge in [0.05, 0.1) is 38.5 Å². The number of ether oxygens (including phenoxy) is 2. The van der Waals surface area contributed by atoms with E-state index in [0.717, 1.165) is 4.90 Å². The van der Waals surface area contributed by atoms with Crippen LogP contribution in [-0.4, -0.2) is 42.0 Å². The highest BCUT2D eigenvalue weighted by Crippen LogP contribution is 2.41. The third-order valence-corrected chi connectivity index (χ3v) is 5.01. The molecule has 7 heteroatoms. The number of carbonyl (C=O) groups is 3. The van der Waals surface area contributed by atoms with E-state index in [2.05, 4.69) is 0 Å². The van der Waals surface area contributed by atoms with Crippen LogP contribution in [0.25, 0.3) is 0 Å². The molecule has 2 aliphatic rings. The van der Waals surface area contributed by atoms with E-state index in [4.69, 9.17) is 9.47 Å². The molecule has 7 nitrogen and oxygen atoms in total. The highest BCUT2D eigenvalue weighted by Gasteiger charge is 2.50. The number of imide groups is 1. The Morgan fingerprint density at radius 1 is 1.12 bits per heavy atom. The number of allylic oxidation sites excluding steroid dienone is 2. The highest BCUT2D eigenvalue weighted by atomic mass is 16.5.